The van der Waals surface area contributed by atoms with Gasteiger partial charge in [-0.1, -0.05) is 35.0 Å². The monoisotopic (exact) mass is 474 g/mol. The topological polar surface area (TPSA) is 80.3 Å². The summed E-state index contributed by atoms with van der Waals surface area (Å²) in [5.41, 5.74) is 2.71. The van der Waals surface area contributed by atoms with Crippen molar-refractivity contribution in [1.29, 1.82) is 0 Å². The highest BCUT2D eigenvalue weighted by atomic mass is 35.5. The van der Waals surface area contributed by atoms with E-state index >= 15 is 0 Å². The van der Waals surface area contributed by atoms with Crippen molar-refractivity contribution in [3.8, 4) is 17.1 Å². The summed E-state index contributed by atoms with van der Waals surface area (Å²) in [6, 6.07) is 17.2. The number of carbonyl (C=O) groups is 1. The van der Waals surface area contributed by atoms with E-state index in [4.69, 9.17) is 16.1 Å². The molecule has 0 N–H and O–H groups in total. The molecule has 1 aliphatic heterocycles. The van der Waals surface area contributed by atoms with Crippen molar-refractivity contribution in [3.05, 3.63) is 89.5 Å². The Kier molecular flexibility index (Phi) is 6.51. The average Bonchev–Trinajstić information content (AvgIpc) is 3.54. The van der Waals surface area contributed by atoms with Crippen molar-refractivity contribution < 1.29 is 9.32 Å². The highest BCUT2D eigenvalue weighted by Crippen LogP contribution is 2.19. The highest BCUT2D eigenvalue weighted by molar-refractivity contribution is 6.30. The molecule has 1 aliphatic rings. The fourth-order valence-corrected chi connectivity index (χ4v) is 3.90. The second-order valence-corrected chi connectivity index (χ2v) is 8.44. The Labute approximate surface area is 202 Å². The molecule has 3 heterocycles. The Balaban J connectivity index is 1.12. The van der Waals surface area contributed by atoms with Crippen molar-refractivity contribution >= 4 is 23.6 Å². The number of piperazine rings is 1. The molecular weight excluding hydrogens is 452 g/mol. The number of halogens is 1. The maximum Gasteiger partial charge on any atom is 0.246 e. The fourth-order valence-electron chi connectivity index (χ4n) is 3.77. The number of amides is 1. The zero-order valence-electron chi connectivity index (χ0n) is 18.4. The molecule has 0 radical (unpaired) electrons. The van der Waals surface area contributed by atoms with Crippen molar-refractivity contribution in [2.75, 3.05) is 26.2 Å². The largest absolute Gasteiger partial charge is 0.338 e. The second kappa shape index (κ2) is 10.0. The molecule has 0 aliphatic carbocycles. The average molecular weight is 475 g/mol. The van der Waals surface area contributed by atoms with E-state index in [1.54, 1.807) is 35.2 Å². The first-order chi connectivity index (χ1) is 16.6. The maximum atomic E-state index is 12.6. The van der Waals surface area contributed by atoms with E-state index < -0.39 is 0 Å². The summed E-state index contributed by atoms with van der Waals surface area (Å²) in [5.74, 6) is 1.09. The van der Waals surface area contributed by atoms with Crippen LogP contribution in [0.25, 0.3) is 23.2 Å². The van der Waals surface area contributed by atoms with Gasteiger partial charge in [-0.25, -0.2) is 4.68 Å². The van der Waals surface area contributed by atoms with Crippen LogP contribution in [0.4, 0.5) is 0 Å². The molecule has 1 saturated heterocycles. The lowest BCUT2D eigenvalue weighted by atomic mass is 10.2. The van der Waals surface area contributed by atoms with Gasteiger partial charge in [0, 0.05) is 54.6 Å². The molecule has 0 saturated carbocycles. The minimum Gasteiger partial charge on any atom is -0.338 e. The number of hydrogen-bond donors (Lipinski definition) is 0. The van der Waals surface area contributed by atoms with E-state index in [1.165, 1.54) is 0 Å². The predicted octanol–water partition coefficient (Wildman–Crippen LogP) is 3.93. The molecular formula is C25H23ClN6O2. The first kappa shape index (κ1) is 22.1. The molecule has 9 heteroatoms. The number of aromatic nitrogens is 4. The van der Waals surface area contributed by atoms with Crippen LogP contribution in [0.5, 0.6) is 0 Å². The van der Waals surface area contributed by atoms with Crippen LogP contribution in [-0.4, -0.2) is 61.8 Å². The molecule has 2 aromatic heterocycles. The van der Waals surface area contributed by atoms with Crippen LogP contribution >= 0.6 is 11.6 Å². The lowest BCUT2D eigenvalue weighted by Gasteiger charge is -2.33. The zero-order chi connectivity index (χ0) is 23.3. The summed E-state index contributed by atoms with van der Waals surface area (Å²) in [6.07, 6.45) is 7.06. The maximum absolute atomic E-state index is 12.6. The Bertz CT molecular complexity index is 1270. The third kappa shape index (κ3) is 5.24. The van der Waals surface area contributed by atoms with Crippen LogP contribution in [0.15, 0.2) is 77.6 Å². The van der Waals surface area contributed by atoms with Gasteiger partial charge < -0.3 is 9.42 Å². The molecule has 1 fully saturated rings. The number of hydrogen-bond acceptors (Lipinski definition) is 6. The van der Waals surface area contributed by atoms with Crippen molar-refractivity contribution in [2.24, 2.45) is 0 Å². The SMILES string of the molecule is O=C(/C=C/c1cnn(-c2ccccc2)c1)N1CCN(Cc2nc(-c3ccc(Cl)cc3)no2)CC1. The summed E-state index contributed by atoms with van der Waals surface area (Å²) in [7, 11) is 0. The van der Waals surface area contributed by atoms with Gasteiger partial charge in [-0.05, 0) is 42.5 Å². The summed E-state index contributed by atoms with van der Waals surface area (Å²) in [4.78, 5) is 21.2. The number of para-hydroxylation sites is 1. The van der Waals surface area contributed by atoms with Gasteiger partial charge >= 0.3 is 0 Å². The lowest BCUT2D eigenvalue weighted by molar-refractivity contribution is -0.127. The van der Waals surface area contributed by atoms with Gasteiger partial charge in [0.25, 0.3) is 0 Å². The minimum absolute atomic E-state index is 0.00470. The number of benzene rings is 2. The van der Waals surface area contributed by atoms with Crippen LogP contribution in [0.3, 0.4) is 0 Å². The molecule has 1 amide bonds. The molecule has 0 unspecified atom stereocenters. The number of nitrogens with zero attached hydrogens (tertiary/aromatic N) is 6. The van der Waals surface area contributed by atoms with E-state index in [-0.39, 0.29) is 5.91 Å². The first-order valence-corrected chi connectivity index (χ1v) is 11.4. The molecule has 2 aromatic carbocycles. The second-order valence-electron chi connectivity index (χ2n) is 8.01. The van der Waals surface area contributed by atoms with Crippen LogP contribution < -0.4 is 0 Å². The molecule has 172 valence electrons. The molecule has 34 heavy (non-hydrogen) atoms. The normalized spacial score (nSPS) is 14.7. The lowest BCUT2D eigenvalue weighted by Crippen LogP contribution is -2.47. The Morgan fingerprint density at radius 1 is 1.03 bits per heavy atom. The summed E-state index contributed by atoms with van der Waals surface area (Å²) in [5, 5.41) is 9.09. The van der Waals surface area contributed by atoms with Gasteiger partial charge in [0.1, 0.15) is 0 Å². The van der Waals surface area contributed by atoms with E-state index in [0.717, 1.165) is 29.9 Å². The van der Waals surface area contributed by atoms with Gasteiger partial charge in [0.05, 0.1) is 18.4 Å². The first-order valence-electron chi connectivity index (χ1n) is 11.0. The third-order valence-electron chi connectivity index (χ3n) is 5.65. The molecule has 0 bridgehead atoms. The third-order valence-corrected chi connectivity index (χ3v) is 5.91. The molecule has 0 spiro atoms. The standard InChI is InChI=1S/C25H23ClN6O2/c26-21-9-7-20(8-10-21)25-28-23(34-29-25)18-30-12-14-31(15-13-30)24(33)11-6-19-16-27-32(17-19)22-4-2-1-3-5-22/h1-11,16-17H,12-15,18H2/b11-6+. The van der Waals surface area contributed by atoms with E-state index in [9.17, 15) is 4.79 Å². The van der Waals surface area contributed by atoms with E-state index in [2.05, 4.69) is 20.1 Å². The predicted molar refractivity (Wildman–Crippen MR) is 129 cm³/mol. The van der Waals surface area contributed by atoms with Crippen molar-refractivity contribution in [2.45, 2.75) is 6.54 Å². The van der Waals surface area contributed by atoms with Crippen LogP contribution in [0, 0.1) is 0 Å². The van der Waals surface area contributed by atoms with Crippen molar-refractivity contribution in [1.82, 2.24) is 29.7 Å². The molecule has 5 rings (SSSR count). The Hall–Kier alpha value is -3.75. The molecule has 0 atom stereocenters. The summed E-state index contributed by atoms with van der Waals surface area (Å²) >= 11 is 5.94. The summed E-state index contributed by atoms with van der Waals surface area (Å²) < 4.78 is 7.20. The Morgan fingerprint density at radius 3 is 2.56 bits per heavy atom. The number of carbonyl (C=O) groups excluding carboxylic acids is 1. The van der Waals surface area contributed by atoms with Gasteiger partial charge in [-0.2, -0.15) is 10.1 Å². The fraction of sp³-hybridized carbons (Fsp3) is 0.200. The van der Waals surface area contributed by atoms with Crippen LogP contribution in [-0.2, 0) is 11.3 Å². The molecule has 4 aromatic rings. The van der Waals surface area contributed by atoms with Gasteiger partial charge in [0.2, 0.25) is 17.6 Å². The van der Waals surface area contributed by atoms with Crippen LogP contribution in [0.2, 0.25) is 5.02 Å². The smallest absolute Gasteiger partial charge is 0.246 e. The van der Waals surface area contributed by atoms with E-state index in [1.807, 2.05) is 53.6 Å². The minimum atomic E-state index is -0.00470. The van der Waals surface area contributed by atoms with Gasteiger partial charge in [0.15, 0.2) is 0 Å². The van der Waals surface area contributed by atoms with Crippen molar-refractivity contribution in [3.63, 3.8) is 0 Å². The van der Waals surface area contributed by atoms with E-state index in [0.29, 0.717) is 36.4 Å². The van der Waals surface area contributed by atoms with Crippen LogP contribution in [0.1, 0.15) is 11.5 Å². The summed E-state index contributed by atoms with van der Waals surface area (Å²) in [6.45, 7) is 3.32. The van der Waals surface area contributed by atoms with Gasteiger partial charge in [-0.15, -0.1) is 0 Å². The highest BCUT2D eigenvalue weighted by Gasteiger charge is 2.21. The quantitative estimate of drug-likeness (QED) is 0.394. The Morgan fingerprint density at radius 2 is 1.79 bits per heavy atom. The zero-order valence-corrected chi connectivity index (χ0v) is 19.2. The molecule has 8 nitrogen and oxygen atoms in total. The number of rotatable bonds is 6. The van der Waals surface area contributed by atoms with Gasteiger partial charge in [-0.3, -0.25) is 9.69 Å².